The molecule has 0 radical (unpaired) electrons. The summed E-state index contributed by atoms with van der Waals surface area (Å²) in [5.74, 6) is 1.71. The summed E-state index contributed by atoms with van der Waals surface area (Å²) in [5.41, 5.74) is 0.388. The van der Waals surface area contributed by atoms with Gasteiger partial charge in [-0.3, -0.25) is 0 Å². The second-order valence-corrected chi connectivity index (χ2v) is 5.78. The van der Waals surface area contributed by atoms with E-state index >= 15 is 0 Å². The predicted molar refractivity (Wildman–Crippen MR) is 85.4 cm³/mol. The lowest BCUT2D eigenvalue weighted by Crippen LogP contribution is -2.33. The highest BCUT2D eigenvalue weighted by atomic mass is 35.5. The van der Waals surface area contributed by atoms with Crippen LogP contribution in [0, 0.1) is 17.7 Å². The third-order valence-corrected chi connectivity index (χ3v) is 4.22. The average Bonchev–Trinajstić information content (AvgIpc) is 2.97. The Kier molecular flexibility index (Phi) is 5.91. The maximum absolute atomic E-state index is 13.7. The Morgan fingerprint density at radius 2 is 2.23 bits per heavy atom. The van der Waals surface area contributed by atoms with Gasteiger partial charge in [-0.2, -0.15) is 4.98 Å². The molecular formula is C16H21ClFN3O. The van der Waals surface area contributed by atoms with Crippen LogP contribution in [0.2, 0.25) is 0 Å². The van der Waals surface area contributed by atoms with Crippen LogP contribution in [0.25, 0.3) is 11.4 Å². The summed E-state index contributed by atoms with van der Waals surface area (Å²) in [6.07, 6.45) is 3.20. The van der Waals surface area contributed by atoms with Gasteiger partial charge in [-0.05, 0) is 49.9 Å². The van der Waals surface area contributed by atoms with Gasteiger partial charge < -0.3 is 9.84 Å². The van der Waals surface area contributed by atoms with Crippen LogP contribution in [-0.4, -0.2) is 23.2 Å². The largest absolute Gasteiger partial charge is 0.339 e. The van der Waals surface area contributed by atoms with Crippen molar-refractivity contribution in [3.05, 3.63) is 36.0 Å². The summed E-state index contributed by atoms with van der Waals surface area (Å²) in [5, 5.41) is 7.33. The van der Waals surface area contributed by atoms with Crippen LogP contribution in [0.4, 0.5) is 4.39 Å². The van der Waals surface area contributed by atoms with E-state index in [1.807, 2.05) is 0 Å². The minimum absolute atomic E-state index is 0. The zero-order valence-corrected chi connectivity index (χ0v) is 13.4. The van der Waals surface area contributed by atoms with Crippen molar-refractivity contribution in [3.8, 4) is 11.4 Å². The first-order valence-corrected chi connectivity index (χ1v) is 7.52. The molecule has 2 unspecified atom stereocenters. The lowest BCUT2D eigenvalue weighted by molar-refractivity contribution is 0.257. The van der Waals surface area contributed by atoms with E-state index in [4.69, 9.17) is 4.52 Å². The van der Waals surface area contributed by atoms with Gasteiger partial charge in [-0.1, -0.05) is 24.2 Å². The van der Waals surface area contributed by atoms with Crippen LogP contribution in [0.15, 0.2) is 28.8 Å². The third-order valence-electron chi connectivity index (χ3n) is 4.22. The number of benzene rings is 1. The van der Waals surface area contributed by atoms with E-state index in [1.54, 1.807) is 18.2 Å². The van der Waals surface area contributed by atoms with E-state index in [0.717, 1.165) is 19.5 Å². The first kappa shape index (κ1) is 16.9. The van der Waals surface area contributed by atoms with Crippen molar-refractivity contribution in [3.63, 3.8) is 0 Å². The monoisotopic (exact) mass is 325 g/mol. The molecule has 6 heteroatoms. The Morgan fingerprint density at radius 3 is 2.95 bits per heavy atom. The Bertz CT molecular complexity index is 599. The van der Waals surface area contributed by atoms with Crippen molar-refractivity contribution in [2.24, 2.45) is 11.8 Å². The number of hydrogen-bond acceptors (Lipinski definition) is 4. The van der Waals surface area contributed by atoms with Crippen LogP contribution in [0.3, 0.4) is 0 Å². The van der Waals surface area contributed by atoms with Crippen LogP contribution < -0.4 is 5.32 Å². The molecule has 1 N–H and O–H groups in total. The summed E-state index contributed by atoms with van der Waals surface area (Å²) in [6, 6.07) is 6.49. The molecule has 1 aliphatic heterocycles. The molecule has 2 atom stereocenters. The summed E-state index contributed by atoms with van der Waals surface area (Å²) in [4.78, 5) is 4.34. The maximum atomic E-state index is 13.7. The van der Waals surface area contributed by atoms with Crippen LogP contribution in [0.5, 0.6) is 0 Å². The zero-order valence-electron chi connectivity index (χ0n) is 12.6. The van der Waals surface area contributed by atoms with Crippen molar-refractivity contribution < 1.29 is 8.91 Å². The van der Waals surface area contributed by atoms with Crippen molar-refractivity contribution in [2.75, 3.05) is 13.1 Å². The van der Waals surface area contributed by atoms with Gasteiger partial charge in [0.25, 0.3) is 0 Å². The smallest absolute Gasteiger partial charge is 0.227 e. The van der Waals surface area contributed by atoms with Crippen molar-refractivity contribution in [1.82, 2.24) is 15.5 Å². The molecule has 1 aromatic heterocycles. The molecule has 0 aliphatic carbocycles. The van der Waals surface area contributed by atoms with Crippen molar-refractivity contribution >= 4 is 12.4 Å². The fourth-order valence-corrected chi connectivity index (χ4v) is 2.90. The molecule has 2 heterocycles. The molecule has 2 aromatic rings. The van der Waals surface area contributed by atoms with Gasteiger partial charge >= 0.3 is 0 Å². The highest BCUT2D eigenvalue weighted by Crippen LogP contribution is 2.24. The number of aromatic nitrogens is 2. The van der Waals surface area contributed by atoms with E-state index in [-0.39, 0.29) is 18.2 Å². The topological polar surface area (TPSA) is 51.0 Å². The summed E-state index contributed by atoms with van der Waals surface area (Å²) >= 11 is 0. The molecule has 0 spiro atoms. The molecule has 1 aliphatic rings. The van der Waals surface area contributed by atoms with Crippen molar-refractivity contribution in [2.45, 2.75) is 26.2 Å². The van der Waals surface area contributed by atoms with Gasteiger partial charge in [0.15, 0.2) is 0 Å². The fraction of sp³-hybridized carbons (Fsp3) is 0.500. The molecule has 4 nitrogen and oxygen atoms in total. The molecule has 3 rings (SSSR count). The second kappa shape index (κ2) is 7.70. The van der Waals surface area contributed by atoms with E-state index in [9.17, 15) is 4.39 Å². The molecule has 0 bridgehead atoms. The van der Waals surface area contributed by atoms with E-state index in [1.165, 1.54) is 18.9 Å². The molecule has 0 saturated carbocycles. The van der Waals surface area contributed by atoms with E-state index < -0.39 is 0 Å². The molecule has 1 saturated heterocycles. The average molecular weight is 326 g/mol. The zero-order chi connectivity index (χ0) is 14.7. The lowest BCUT2D eigenvalue weighted by atomic mass is 9.85. The summed E-state index contributed by atoms with van der Waals surface area (Å²) in [7, 11) is 0. The summed E-state index contributed by atoms with van der Waals surface area (Å²) in [6.45, 7) is 4.38. The quantitative estimate of drug-likeness (QED) is 0.935. The Hall–Kier alpha value is -1.46. The molecule has 1 aromatic carbocycles. The van der Waals surface area contributed by atoms with Gasteiger partial charge in [-0.25, -0.2) is 4.39 Å². The highest BCUT2D eigenvalue weighted by molar-refractivity contribution is 5.85. The minimum Gasteiger partial charge on any atom is -0.339 e. The highest BCUT2D eigenvalue weighted by Gasteiger charge is 2.22. The molecule has 120 valence electrons. The number of nitrogens with zero attached hydrogens (tertiary/aromatic N) is 2. The minimum atomic E-state index is -0.325. The molecule has 1 fully saturated rings. The first-order valence-electron chi connectivity index (χ1n) is 7.52. The first-order chi connectivity index (χ1) is 10.2. The Morgan fingerprint density at radius 1 is 1.41 bits per heavy atom. The second-order valence-electron chi connectivity index (χ2n) is 5.78. The SMILES string of the molecule is CC(Cc1nc(-c2ccccc2F)no1)C1CCCNC1.Cl. The number of halogens is 2. The van der Waals surface area contributed by atoms with Gasteiger partial charge in [0.2, 0.25) is 11.7 Å². The lowest BCUT2D eigenvalue weighted by Gasteiger charge is -2.27. The standard InChI is InChI=1S/C16H20FN3O.ClH/c1-11(12-5-4-8-18-10-12)9-15-19-16(20-21-15)13-6-2-3-7-14(13)17;/h2-3,6-7,11-12,18H,4-5,8-10H2,1H3;1H. The number of piperidine rings is 1. The van der Waals surface area contributed by atoms with Gasteiger partial charge in [0, 0.05) is 6.42 Å². The normalized spacial score (nSPS) is 19.5. The van der Waals surface area contributed by atoms with Crippen LogP contribution in [-0.2, 0) is 6.42 Å². The molecule has 22 heavy (non-hydrogen) atoms. The van der Waals surface area contributed by atoms with E-state index in [0.29, 0.717) is 29.1 Å². The van der Waals surface area contributed by atoms with E-state index in [2.05, 4.69) is 22.4 Å². The van der Waals surface area contributed by atoms with Crippen LogP contribution in [0.1, 0.15) is 25.7 Å². The maximum Gasteiger partial charge on any atom is 0.227 e. The van der Waals surface area contributed by atoms with Gasteiger partial charge in [0.1, 0.15) is 5.82 Å². The van der Waals surface area contributed by atoms with Crippen LogP contribution >= 0.6 is 12.4 Å². The number of nitrogens with one attached hydrogen (secondary N) is 1. The van der Waals surface area contributed by atoms with Gasteiger partial charge in [0.05, 0.1) is 5.56 Å². The fourth-order valence-electron chi connectivity index (χ4n) is 2.90. The van der Waals surface area contributed by atoms with Gasteiger partial charge in [-0.15, -0.1) is 12.4 Å². The van der Waals surface area contributed by atoms with Crippen molar-refractivity contribution in [1.29, 1.82) is 0 Å². The molecular weight excluding hydrogens is 305 g/mol. The predicted octanol–water partition coefficient (Wildman–Crippen LogP) is 3.48. The summed E-state index contributed by atoms with van der Waals surface area (Å²) < 4.78 is 19.0. The number of hydrogen-bond donors (Lipinski definition) is 1. The Balaban J connectivity index is 0.00000176. The Labute approximate surface area is 135 Å². The third kappa shape index (κ3) is 3.84. The number of rotatable bonds is 4. The molecule has 0 amide bonds.